The number of primary amides is 1. The highest BCUT2D eigenvalue weighted by molar-refractivity contribution is 5.65. The van der Waals surface area contributed by atoms with Gasteiger partial charge in [0.25, 0.3) is 0 Å². The van der Waals surface area contributed by atoms with E-state index in [1.807, 2.05) is 6.07 Å². The van der Waals surface area contributed by atoms with E-state index in [1.54, 1.807) is 24.3 Å². The van der Waals surface area contributed by atoms with Crippen LogP contribution in [0.25, 0.3) is 0 Å². The Hall–Kier alpha value is -2.31. The summed E-state index contributed by atoms with van der Waals surface area (Å²) in [6, 6.07) is 8.69. The fourth-order valence-corrected chi connectivity index (χ4v) is 1.19. The number of ether oxygens (including phenoxy) is 1. The molecule has 76 valence electrons. The zero-order chi connectivity index (χ0) is 10.7. The molecule has 0 atom stereocenters. The quantitative estimate of drug-likeness (QED) is 0.794. The summed E-state index contributed by atoms with van der Waals surface area (Å²) >= 11 is 0. The summed E-state index contributed by atoms with van der Waals surface area (Å²) in [7, 11) is 0. The lowest BCUT2D eigenvalue weighted by atomic mass is 10.1. The maximum Gasteiger partial charge on any atom is 0.408 e. The Balaban J connectivity index is 2.40. The van der Waals surface area contributed by atoms with Crippen LogP contribution < -0.4 is 5.73 Å². The molecule has 0 aromatic heterocycles. The summed E-state index contributed by atoms with van der Waals surface area (Å²) in [5.74, 6) is -1.55. The van der Waals surface area contributed by atoms with E-state index in [-0.39, 0.29) is 0 Å². The molecule has 0 radical (unpaired) electrons. The highest BCUT2D eigenvalue weighted by atomic mass is 16.6. The molecular weight excluding hydrogens is 198 g/mol. The van der Waals surface area contributed by atoms with E-state index in [0.29, 0.717) is 5.56 Å². The van der Waals surface area contributed by atoms with Crippen LogP contribution in [0, 0.1) is 0 Å². The Morgan fingerprint density at radius 1 is 1.20 bits per heavy atom. The van der Waals surface area contributed by atoms with E-state index in [4.69, 9.17) is 10.5 Å². The van der Waals surface area contributed by atoms with Crippen LogP contribution in [-0.2, 0) is 10.6 Å². The first-order valence-electron chi connectivity index (χ1n) is 4.11. The Morgan fingerprint density at radius 3 is 2.33 bits per heavy atom. The molecule has 15 heavy (non-hydrogen) atoms. The summed E-state index contributed by atoms with van der Waals surface area (Å²) in [4.78, 5) is 10.7. The summed E-state index contributed by atoms with van der Waals surface area (Å²) in [6.45, 7) is 0. The minimum atomic E-state index is -1.55. The van der Waals surface area contributed by atoms with Gasteiger partial charge in [0.15, 0.2) is 0 Å². The van der Waals surface area contributed by atoms with Crippen molar-refractivity contribution >= 4 is 6.09 Å². The van der Waals surface area contributed by atoms with Gasteiger partial charge in [0.05, 0.1) is 0 Å². The van der Waals surface area contributed by atoms with Crippen molar-refractivity contribution < 1.29 is 9.53 Å². The maximum atomic E-state index is 10.7. The van der Waals surface area contributed by atoms with Crippen molar-refractivity contribution in [1.82, 2.24) is 0 Å². The van der Waals surface area contributed by atoms with Gasteiger partial charge in [0.1, 0.15) is 0 Å². The van der Waals surface area contributed by atoms with Gasteiger partial charge in [-0.1, -0.05) is 40.6 Å². The minimum absolute atomic E-state index is 0.536. The Bertz CT molecular complexity index is 416. The van der Waals surface area contributed by atoms with Crippen molar-refractivity contribution in [3.05, 3.63) is 35.9 Å². The van der Waals surface area contributed by atoms with E-state index in [2.05, 4.69) is 20.7 Å². The highest BCUT2D eigenvalue weighted by Crippen LogP contribution is 2.33. The first-order valence-corrected chi connectivity index (χ1v) is 4.11. The molecule has 7 nitrogen and oxygen atoms in total. The molecule has 1 amide bonds. The third-order valence-corrected chi connectivity index (χ3v) is 1.79. The van der Waals surface area contributed by atoms with Crippen LogP contribution in [0.3, 0.4) is 0 Å². The average molecular weight is 205 g/mol. The number of carbonyl (C=O) groups is 1. The smallest absolute Gasteiger partial charge is 0.393 e. The van der Waals surface area contributed by atoms with Gasteiger partial charge in [-0.3, -0.25) is 0 Å². The molecule has 1 aromatic rings. The average Bonchev–Trinajstić information content (AvgIpc) is 2.68. The molecule has 1 heterocycles. The van der Waals surface area contributed by atoms with Crippen LogP contribution in [0.2, 0.25) is 0 Å². The molecule has 0 unspecified atom stereocenters. The second-order valence-corrected chi connectivity index (χ2v) is 2.77. The van der Waals surface area contributed by atoms with Crippen molar-refractivity contribution in [3.63, 3.8) is 0 Å². The van der Waals surface area contributed by atoms with Crippen molar-refractivity contribution in [3.8, 4) is 0 Å². The second kappa shape index (κ2) is 3.45. The van der Waals surface area contributed by atoms with Crippen LogP contribution >= 0.6 is 0 Å². The Labute approximate surface area is 84.6 Å². The Morgan fingerprint density at radius 2 is 1.80 bits per heavy atom. The van der Waals surface area contributed by atoms with Gasteiger partial charge in [-0.2, -0.15) is 0 Å². The SMILES string of the molecule is NC(=O)OC1(c2ccccc2)N=NN=N1. The maximum absolute atomic E-state index is 10.7. The van der Waals surface area contributed by atoms with Crippen molar-refractivity contribution in [2.75, 3.05) is 0 Å². The van der Waals surface area contributed by atoms with Gasteiger partial charge in [-0.25, -0.2) is 4.79 Å². The number of hydrogen-bond donors (Lipinski definition) is 1. The molecular formula is C8H7N5O2. The van der Waals surface area contributed by atoms with E-state index < -0.39 is 11.9 Å². The highest BCUT2D eigenvalue weighted by Gasteiger charge is 2.39. The normalized spacial score (nSPS) is 16.5. The van der Waals surface area contributed by atoms with Gasteiger partial charge >= 0.3 is 11.9 Å². The first kappa shape index (κ1) is 9.25. The van der Waals surface area contributed by atoms with Crippen LogP contribution in [0.15, 0.2) is 51.0 Å². The van der Waals surface area contributed by atoms with E-state index in [1.165, 1.54) is 0 Å². The van der Waals surface area contributed by atoms with Gasteiger partial charge < -0.3 is 10.5 Å². The number of carbonyl (C=O) groups excluding carboxylic acids is 1. The third kappa shape index (κ3) is 1.66. The number of hydrogen-bond acceptors (Lipinski definition) is 6. The molecule has 0 spiro atoms. The predicted octanol–water partition coefficient (Wildman–Crippen LogP) is 1.73. The zero-order valence-electron chi connectivity index (χ0n) is 7.57. The molecule has 2 rings (SSSR count). The predicted molar refractivity (Wildman–Crippen MR) is 48.5 cm³/mol. The molecule has 7 heteroatoms. The fraction of sp³-hybridized carbons (Fsp3) is 0.125. The number of nitrogens with zero attached hydrogens (tertiary/aromatic N) is 4. The van der Waals surface area contributed by atoms with Crippen LogP contribution in [0.4, 0.5) is 4.79 Å². The molecule has 0 saturated heterocycles. The second-order valence-electron chi connectivity index (χ2n) is 2.77. The first-order chi connectivity index (χ1) is 7.23. The van der Waals surface area contributed by atoms with Crippen LogP contribution in [0.5, 0.6) is 0 Å². The van der Waals surface area contributed by atoms with Crippen LogP contribution in [0.1, 0.15) is 5.56 Å². The number of nitrogens with two attached hydrogens (primary N) is 1. The largest absolute Gasteiger partial charge is 0.408 e. The summed E-state index contributed by atoms with van der Waals surface area (Å²) < 4.78 is 4.80. The van der Waals surface area contributed by atoms with Crippen molar-refractivity contribution in [2.24, 2.45) is 26.4 Å². The van der Waals surface area contributed by atoms with E-state index >= 15 is 0 Å². The molecule has 0 fully saturated rings. The molecule has 1 aliphatic heterocycles. The molecule has 0 aliphatic carbocycles. The molecule has 0 saturated carbocycles. The molecule has 1 aliphatic rings. The number of benzene rings is 1. The summed E-state index contributed by atoms with van der Waals surface area (Å²) in [5.41, 5.74) is 5.47. The monoisotopic (exact) mass is 205 g/mol. The third-order valence-electron chi connectivity index (χ3n) is 1.79. The topological polar surface area (TPSA) is 102 Å². The lowest BCUT2D eigenvalue weighted by Gasteiger charge is -2.18. The van der Waals surface area contributed by atoms with Gasteiger partial charge in [0, 0.05) is 5.56 Å². The molecule has 1 aromatic carbocycles. The lowest BCUT2D eigenvalue weighted by Crippen LogP contribution is -2.29. The molecule has 2 N–H and O–H groups in total. The van der Waals surface area contributed by atoms with Gasteiger partial charge in [0.2, 0.25) is 0 Å². The Kier molecular flexibility index (Phi) is 2.13. The van der Waals surface area contributed by atoms with Crippen molar-refractivity contribution in [1.29, 1.82) is 0 Å². The minimum Gasteiger partial charge on any atom is -0.393 e. The fourth-order valence-electron chi connectivity index (χ4n) is 1.19. The zero-order valence-corrected chi connectivity index (χ0v) is 7.57. The van der Waals surface area contributed by atoms with Crippen LogP contribution in [-0.4, -0.2) is 6.09 Å². The molecule has 0 bridgehead atoms. The van der Waals surface area contributed by atoms with E-state index in [9.17, 15) is 4.79 Å². The van der Waals surface area contributed by atoms with Crippen molar-refractivity contribution in [2.45, 2.75) is 5.85 Å². The van der Waals surface area contributed by atoms with Gasteiger partial charge in [-0.15, -0.1) is 0 Å². The standard InChI is InChI=1S/C8H7N5O2/c9-7(14)15-8(10-12-13-11-8)6-4-2-1-3-5-6/h1-5H,(H2,9,14). The summed E-state index contributed by atoms with van der Waals surface area (Å²) in [5, 5.41) is 13.9. The number of amides is 1. The van der Waals surface area contributed by atoms with E-state index in [0.717, 1.165) is 0 Å². The van der Waals surface area contributed by atoms with Gasteiger partial charge in [-0.05, 0) is 10.4 Å². The summed E-state index contributed by atoms with van der Waals surface area (Å²) in [6.07, 6.45) is -0.987. The number of rotatable bonds is 2. The lowest BCUT2D eigenvalue weighted by molar-refractivity contribution is 0.0247.